The van der Waals surface area contributed by atoms with Crippen molar-refractivity contribution in [1.29, 1.82) is 0 Å². The summed E-state index contributed by atoms with van der Waals surface area (Å²) in [6.45, 7) is 0.783. The second-order valence-corrected chi connectivity index (χ2v) is 4.17. The van der Waals surface area contributed by atoms with Gasteiger partial charge in [0.15, 0.2) is 0 Å². The third-order valence-corrected chi connectivity index (χ3v) is 2.92. The maximum Gasteiger partial charge on any atom is 0.324 e. The van der Waals surface area contributed by atoms with Crippen LogP contribution in [0.15, 0.2) is 22.7 Å². The maximum absolute atomic E-state index is 12.8. The first-order valence-corrected chi connectivity index (χ1v) is 5.43. The lowest BCUT2D eigenvalue weighted by Crippen LogP contribution is -2.34. The summed E-state index contributed by atoms with van der Waals surface area (Å²) in [6, 6.07) is 3.32. The summed E-state index contributed by atoms with van der Waals surface area (Å²) in [5, 5.41) is 2.53. The largest absolute Gasteiger partial charge is 0.336 e. The minimum absolute atomic E-state index is 0.276. The molecule has 0 unspecified atom stereocenters. The zero-order valence-electron chi connectivity index (χ0n) is 8.17. The molecule has 1 fully saturated rings. The van der Waals surface area contributed by atoms with Gasteiger partial charge in [0.05, 0.1) is 5.56 Å². The average molecular weight is 287 g/mol. The number of hydrogen-bond acceptors (Lipinski definition) is 2. The molecule has 0 aromatic heterocycles. The van der Waals surface area contributed by atoms with Crippen LogP contribution in [0.4, 0.5) is 9.18 Å². The Morgan fingerprint density at radius 3 is 2.81 bits per heavy atom. The molecule has 0 bridgehead atoms. The molecule has 16 heavy (non-hydrogen) atoms. The average Bonchev–Trinajstić information content (AvgIpc) is 2.63. The Balaban J connectivity index is 2.30. The highest BCUT2D eigenvalue weighted by molar-refractivity contribution is 9.10. The molecule has 0 atom stereocenters. The van der Waals surface area contributed by atoms with Gasteiger partial charge in [0.2, 0.25) is 0 Å². The van der Waals surface area contributed by atoms with Crippen LogP contribution in [-0.4, -0.2) is 29.9 Å². The molecule has 3 amide bonds. The van der Waals surface area contributed by atoms with E-state index < -0.39 is 17.8 Å². The van der Waals surface area contributed by atoms with Gasteiger partial charge in [-0.15, -0.1) is 0 Å². The molecule has 0 aliphatic carbocycles. The zero-order valence-corrected chi connectivity index (χ0v) is 9.75. The Morgan fingerprint density at radius 2 is 2.25 bits per heavy atom. The first-order chi connectivity index (χ1) is 7.59. The van der Waals surface area contributed by atoms with Crippen LogP contribution in [0.25, 0.3) is 0 Å². The number of halogens is 2. The number of nitrogens with one attached hydrogen (secondary N) is 1. The van der Waals surface area contributed by atoms with Gasteiger partial charge in [-0.1, -0.05) is 0 Å². The fourth-order valence-corrected chi connectivity index (χ4v) is 1.99. The van der Waals surface area contributed by atoms with E-state index in [2.05, 4.69) is 21.2 Å². The van der Waals surface area contributed by atoms with Crippen LogP contribution in [-0.2, 0) is 0 Å². The summed E-state index contributed by atoms with van der Waals surface area (Å²) < 4.78 is 13.2. The van der Waals surface area contributed by atoms with Crippen LogP contribution < -0.4 is 5.32 Å². The standard InChI is InChI=1S/C10H8BrFN2O2/c11-8-5-6(12)1-2-7(8)9(15)14-4-3-13-10(14)16/h1-2,5H,3-4H2,(H,13,16). The molecule has 0 radical (unpaired) electrons. The first-order valence-electron chi connectivity index (χ1n) is 4.64. The molecular weight excluding hydrogens is 279 g/mol. The second kappa shape index (κ2) is 4.21. The maximum atomic E-state index is 12.8. The summed E-state index contributed by atoms with van der Waals surface area (Å²) in [7, 11) is 0. The van der Waals surface area contributed by atoms with Crippen LogP contribution >= 0.6 is 15.9 Å². The molecule has 0 spiro atoms. The highest BCUT2D eigenvalue weighted by Gasteiger charge is 2.28. The molecule has 1 aliphatic heterocycles. The Labute approximate surface area is 99.6 Å². The third kappa shape index (κ3) is 1.92. The van der Waals surface area contributed by atoms with E-state index in [1.807, 2.05) is 0 Å². The Hall–Kier alpha value is -1.43. The Morgan fingerprint density at radius 1 is 1.50 bits per heavy atom. The van der Waals surface area contributed by atoms with Crippen molar-refractivity contribution in [2.24, 2.45) is 0 Å². The van der Waals surface area contributed by atoms with Gasteiger partial charge < -0.3 is 5.32 Å². The number of imide groups is 1. The topological polar surface area (TPSA) is 49.4 Å². The SMILES string of the molecule is O=C1NCCN1C(=O)c1ccc(F)cc1Br. The van der Waals surface area contributed by atoms with E-state index in [0.29, 0.717) is 17.6 Å². The van der Waals surface area contributed by atoms with Crippen molar-refractivity contribution in [3.05, 3.63) is 34.1 Å². The van der Waals surface area contributed by atoms with E-state index in [0.717, 1.165) is 4.90 Å². The van der Waals surface area contributed by atoms with E-state index in [1.54, 1.807) is 0 Å². The number of amides is 3. The highest BCUT2D eigenvalue weighted by Crippen LogP contribution is 2.20. The summed E-state index contributed by atoms with van der Waals surface area (Å²) in [5.74, 6) is -0.865. The highest BCUT2D eigenvalue weighted by atomic mass is 79.9. The molecule has 4 nitrogen and oxygen atoms in total. The number of rotatable bonds is 1. The number of urea groups is 1. The molecule has 84 valence electrons. The molecule has 6 heteroatoms. The number of hydrogen-bond donors (Lipinski definition) is 1. The van der Waals surface area contributed by atoms with Crippen molar-refractivity contribution >= 4 is 27.9 Å². The monoisotopic (exact) mass is 286 g/mol. The van der Waals surface area contributed by atoms with Crippen LogP contribution in [0.2, 0.25) is 0 Å². The first kappa shape index (κ1) is 11.1. The lowest BCUT2D eigenvalue weighted by molar-refractivity contribution is 0.0828. The third-order valence-electron chi connectivity index (χ3n) is 2.26. The van der Waals surface area contributed by atoms with Gasteiger partial charge in [-0.25, -0.2) is 9.18 Å². The lowest BCUT2D eigenvalue weighted by atomic mass is 10.2. The zero-order chi connectivity index (χ0) is 11.7. The molecule has 1 N–H and O–H groups in total. The van der Waals surface area contributed by atoms with Crippen molar-refractivity contribution < 1.29 is 14.0 Å². The Bertz CT molecular complexity index is 464. The van der Waals surface area contributed by atoms with Gasteiger partial charge in [0.25, 0.3) is 5.91 Å². The normalized spacial score (nSPS) is 15.1. The summed E-state index contributed by atoms with van der Waals surface area (Å²) >= 11 is 3.10. The fourth-order valence-electron chi connectivity index (χ4n) is 1.47. The van der Waals surface area contributed by atoms with Gasteiger partial charge in [-0.05, 0) is 34.1 Å². The van der Waals surface area contributed by atoms with Crippen LogP contribution in [0.5, 0.6) is 0 Å². The van der Waals surface area contributed by atoms with E-state index >= 15 is 0 Å². The van der Waals surface area contributed by atoms with Crippen LogP contribution in [0, 0.1) is 5.82 Å². The predicted octanol–water partition coefficient (Wildman–Crippen LogP) is 1.75. The van der Waals surface area contributed by atoms with Crippen LogP contribution in [0.3, 0.4) is 0 Å². The van der Waals surface area contributed by atoms with Crippen molar-refractivity contribution in [2.75, 3.05) is 13.1 Å². The molecule has 1 aliphatic rings. The van der Waals surface area contributed by atoms with E-state index in [1.165, 1.54) is 18.2 Å². The van der Waals surface area contributed by atoms with E-state index in [-0.39, 0.29) is 5.56 Å². The van der Waals surface area contributed by atoms with Crippen molar-refractivity contribution in [2.45, 2.75) is 0 Å². The minimum Gasteiger partial charge on any atom is -0.336 e. The molecule has 1 aromatic rings. The van der Waals surface area contributed by atoms with Gasteiger partial charge in [-0.2, -0.15) is 0 Å². The number of nitrogens with zero attached hydrogens (tertiary/aromatic N) is 1. The van der Waals surface area contributed by atoms with Crippen LogP contribution in [0.1, 0.15) is 10.4 Å². The lowest BCUT2D eigenvalue weighted by Gasteiger charge is -2.12. The summed E-state index contributed by atoms with van der Waals surface area (Å²) in [4.78, 5) is 24.3. The fraction of sp³-hybridized carbons (Fsp3) is 0.200. The second-order valence-electron chi connectivity index (χ2n) is 3.31. The Kier molecular flexibility index (Phi) is 2.91. The van der Waals surface area contributed by atoms with Gasteiger partial charge in [0.1, 0.15) is 5.82 Å². The van der Waals surface area contributed by atoms with Gasteiger partial charge in [-0.3, -0.25) is 9.69 Å². The van der Waals surface area contributed by atoms with Crippen molar-refractivity contribution in [3.8, 4) is 0 Å². The summed E-state index contributed by atoms with van der Waals surface area (Å²) in [6.07, 6.45) is 0. The minimum atomic E-state index is -0.436. The van der Waals surface area contributed by atoms with Gasteiger partial charge in [0, 0.05) is 17.6 Å². The molecule has 2 rings (SSSR count). The molecule has 0 saturated carbocycles. The van der Waals surface area contributed by atoms with E-state index in [4.69, 9.17) is 0 Å². The summed E-state index contributed by atoms with van der Waals surface area (Å²) in [5.41, 5.74) is 0.276. The van der Waals surface area contributed by atoms with Crippen molar-refractivity contribution in [1.82, 2.24) is 10.2 Å². The number of carbonyl (C=O) groups is 2. The molecule has 1 saturated heterocycles. The molecule has 1 aromatic carbocycles. The molecule has 1 heterocycles. The van der Waals surface area contributed by atoms with Crippen molar-refractivity contribution in [3.63, 3.8) is 0 Å². The smallest absolute Gasteiger partial charge is 0.324 e. The quantitative estimate of drug-likeness (QED) is 0.855. The number of carbonyl (C=O) groups excluding carboxylic acids is 2. The molecular formula is C10H8BrFN2O2. The number of benzene rings is 1. The van der Waals surface area contributed by atoms with Gasteiger partial charge >= 0.3 is 6.03 Å². The van der Waals surface area contributed by atoms with E-state index in [9.17, 15) is 14.0 Å². The predicted molar refractivity (Wildman–Crippen MR) is 58.5 cm³/mol.